The fourth-order valence-corrected chi connectivity index (χ4v) is 3.44. The maximum absolute atomic E-state index is 12.2. The standard InChI is InChI=1S/C20H24BrN3O/c1-23-11-13-24(14-12-23)19-8-6-18(7-9-19)22-20(25)10-5-16-3-2-4-17(21)15-16/h2-4,6-9,15H,5,10-14H2,1H3,(H,22,25). The second-order valence-corrected chi connectivity index (χ2v) is 7.43. The van der Waals surface area contributed by atoms with Crippen LogP contribution in [0, 0.1) is 0 Å². The summed E-state index contributed by atoms with van der Waals surface area (Å²) in [5.74, 6) is 0.0484. The van der Waals surface area contributed by atoms with E-state index in [1.165, 1.54) is 5.69 Å². The third-order valence-corrected chi connectivity index (χ3v) is 5.04. The second kappa shape index (κ2) is 8.50. The van der Waals surface area contributed by atoms with E-state index < -0.39 is 0 Å². The third-order valence-electron chi connectivity index (χ3n) is 4.55. The molecule has 0 spiro atoms. The van der Waals surface area contributed by atoms with Crippen molar-refractivity contribution in [3.63, 3.8) is 0 Å². The molecule has 1 amide bonds. The van der Waals surface area contributed by atoms with Crippen molar-refractivity contribution in [1.29, 1.82) is 0 Å². The highest BCUT2D eigenvalue weighted by Crippen LogP contribution is 2.20. The summed E-state index contributed by atoms with van der Waals surface area (Å²) >= 11 is 3.46. The van der Waals surface area contributed by atoms with Crippen LogP contribution < -0.4 is 10.2 Å². The number of piperazine rings is 1. The largest absolute Gasteiger partial charge is 0.369 e. The number of carbonyl (C=O) groups is 1. The molecule has 1 fully saturated rings. The number of halogens is 1. The minimum atomic E-state index is 0.0484. The Labute approximate surface area is 158 Å². The van der Waals surface area contributed by atoms with Crippen LogP contribution in [-0.4, -0.2) is 44.0 Å². The van der Waals surface area contributed by atoms with Crippen LogP contribution in [0.15, 0.2) is 53.0 Å². The number of rotatable bonds is 5. The molecule has 0 radical (unpaired) electrons. The van der Waals surface area contributed by atoms with Gasteiger partial charge in [-0.1, -0.05) is 28.1 Å². The number of hydrogen-bond acceptors (Lipinski definition) is 3. The van der Waals surface area contributed by atoms with Crippen molar-refractivity contribution in [2.75, 3.05) is 43.4 Å². The molecule has 0 aromatic heterocycles. The first-order chi connectivity index (χ1) is 12.1. The minimum absolute atomic E-state index is 0.0484. The smallest absolute Gasteiger partial charge is 0.224 e. The van der Waals surface area contributed by atoms with Gasteiger partial charge in [-0.25, -0.2) is 0 Å². The Bertz CT molecular complexity index is 709. The van der Waals surface area contributed by atoms with Crippen LogP contribution in [0.1, 0.15) is 12.0 Å². The Morgan fingerprint density at radius 3 is 2.48 bits per heavy atom. The molecule has 3 rings (SSSR count). The quantitative estimate of drug-likeness (QED) is 0.827. The summed E-state index contributed by atoms with van der Waals surface area (Å²) in [4.78, 5) is 16.9. The summed E-state index contributed by atoms with van der Waals surface area (Å²) in [5.41, 5.74) is 3.24. The molecule has 0 aliphatic carbocycles. The molecule has 0 unspecified atom stereocenters. The molecule has 1 aliphatic rings. The van der Waals surface area contributed by atoms with Crippen LogP contribution in [0.2, 0.25) is 0 Å². The van der Waals surface area contributed by atoms with E-state index in [9.17, 15) is 4.79 Å². The molecule has 0 saturated carbocycles. The van der Waals surface area contributed by atoms with Gasteiger partial charge in [0, 0.05) is 48.4 Å². The zero-order valence-electron chi connectivity index (χ0n) is 14.5. The lowest BCUT2D eigenvalue weighted by molar-refractivity contribution is -0.116. The number of hydrogen-bond donors (Lipinski definition) is 1. The number of aryl methyl sites for hydroxylation is 1. The number of amides is 1. The van der Waals surface area contributed by atoms with E-state index in [-0.39, 0.29) is 5.91 Å². The van der Waals surface area contributed by atoms with Gasteiger partial charge < -0.3 is 15.1 Å². The Morgan fingerprint density at radius 1 is 1.08 bits per heavy atom. The highest BCUT2D eigenvalue weighted by molar-refractivity contribution is 9.10. The van der Waals surface area contributed by atoms with Crippen LogP contribution in [-0.2, 0) is 11.2 Å². The normalized spacial score (nSPS) is 15.2. The fraction of sp³-hybridized carbons (Fsp3) is 0.350. The van der Waals surface area contributed by atoms with Gasteiger partial charge in [-0.2, -0.15) is 0 Å². The Morgan fingerprint density at radius 2 is 1.80 bits per heavy atom. The number of nitrogens with one attached hydrogen (secondary N) is 1. The molecular weight excluding hydrogens is 378 g/mol. The van der Waals surface area contributed by atoms with Crippen LogP contribution in [0.25, 0.3) is 0 Å². The summed E-state index contributed by atoms with van der Waals surface area (Å²) in [6, 6.07) is 16.3. The van der Waals surface area contributed by atoms with Crippen molar-refractivity contribution < 1.29 is 4.79 Å². The van der Waals surface area contributed by atoms with Crippen LogP contribution in [0.3, 0.4) is 0 Å². The van der Waals surface area contributed by atoms with Crippen LogP contribution in [0.5, 0.6) is 0 Å². The summed E-state index contributed by atoms with van der Waals surface area (Å²) in [6.07, 6.45) is 1.22. The Kier molecular flexibility index (Phi) is 6.10. The van der Waals surface area contributed by atoms with Gasteiger partial charge in [0.05, 0.1) is 0 Å². The molecule has 1 aliphatic heterocycles. The lowest BCUT2D eigenvalue weighted by atomic mass is 10.1. The molecule has 0 bridgehead atoms. The van der Waals surface area contributed by atoms with Gasteiger partial charge in [0.25, 0.3) is 0 Å². The van der Waals surface area contributed by atoms with E-state index in [4.69, 9.17) is 0 Å². The molecular formula is C20H24BrN3O. The number of nitrogens with zero attached hydrogens (tertiary/aromatic N) is 2. The number of likely N-dealkylation sites (N-methyl/N-ethyl adjacent to an activating group) is 1. The van der Waals surface area contributed by atoms with Crippen molar-refractivity contribution in [1.82, 2.24) is 4.90 Å². The summed E-state index contributed by atoms with van der Waals surface area (Å²) in [7, 11) is 2.16. The average Bonchev–Trinajstić information content (AvgIpc) is 2.62. The minimum Gasteiger partial charge on any atom is -0.369 e. The molecule has 0 atom stereocenters. The molecule has 25 heavy (non-hydrogen) atoms. The van der Waals surface area contributed by atoms with E-state index >= 15 is 0 Å². The van der Waals surface area contributed by atoms with Gasteiger partial charge in [0.15, 0.2) is 0 Å². The lowest BCUT2D eigenvalue weighted by Crippen LogP contribution is -2.44. The predicted molar refractivity (Wildman–Crippen MR) is 107 cm³/mol. The van der Waals surface area contributed by atoms with Crippen molar-refractivity contribution in [2.24, 2.45) is 0 Å². The third kappa shape index (κ3) is 5.31. The maximum atomic E-state index is 12.2. The molecule has 5 heteroatoms. The van der Waals surface area contributed by atoms with E-state index in [0.29, 0.717) is 6.42 Å². The number of anilines is 2. The highest BCUT2D eigenvalue weighted by atomic mass is 79.9. The molecule has 1 N–H and O–H groups in total. The first-order valence-corrected chi connectivity index (χ1v) is 9.47. The molecule has 2 aromatic rings. The van der Waals surface area contributed by atoms with Gasteiger partial charge in [-0.15, -0.1) is 0 Å². The van der Waals surface area contributed by atoms with Gasteiger partial charge >= 0.3 is 0 Å². The number of benzene rings is 2. The first-order valence-electron chi connectivity index (χ1n) is 8.68. The SMILES string of the molecule is CN1CCN(c2ccc(NC(=O)CCc3cccc(Br)c3)cc2)CC1. The topological polar surface area (TPSA) is 35.6 Å². The molecule has 1 saturated heterocycles. The molecule has 132 valence electrons. The van der Waals surface area contributed by atoms with Crippen molar-refractivity contribution >= 4 is 33.2 Å². The second-order valence-electron chi connectivity index (χ2n) is 6.52. The van der Waals surface area contributed by atoms with Gasteiger partial charge in [-0.3, -0.25) is 4.79 Å². The van der Waals surface area contributed by atoms with Crippen LogP contribution >= 0.6 is 15.9 Å². The van der Waals surface area contributed by atoms with Crippen molar-refractivity contribution in [2.45, 2.75) is 12.8 Å². The van der Waals surface area contributed by atoms with Crippen LogP contribution in [0.4, 0.5) is 11.4 Å². The maximum Gasteiger partial charge on any atom is 0.224 e. The van der Waals surface area contributed by atoms with Gasteiger partial charge in [-0.05, 0) is 55.4 Å². The van der Waals surface area contributed by atoms with E-state index in [2.05, 4.69) is 56.3 Å². The van der Waals surface area contributed by atoms with E-state index in [1.807, 2.05) is 30.3 Å². The van der Waals surface area contributed by atoms with Crippen molar-refractivity contribution in [3.05, 3.63) is 58.6 Å². The summed E-state index contributed by atoms with van der Waals surface area (Å²) in [5, 5.41) is 2.99. The average molecular weight is 402 g/mol. The fourth-order valence-electron chi connectivity index (χ4n) is 2.99. The highest BCUT2D eigenvalue weighted by Gasteiger charge is 2.14. The monoisotopic (exact) mass is 401 g/mol. The molecule has 4 nitrogen and oxygen atoms in total. The number of carbonyl (C=O) groups excluding carboxylic acids is 1. The Hall–Kier alpha value is -1.85. The van der Waals surface area contributed by atoms with Gasteiger partial charge in [0.1, 0.15) is 0 Å². The first kappa shape index (κ1) is 18.0. The van der Waals surface area contributed by atoms with Gasteiger partial charge in [0.2, 0.25) is 5.91 Å². The summed E-state index contributed by atoms with van der Waals surface area (Å²) < 4.78 is 1.05. The molecule has 1 heterocycles. The zero-order valence-corrected chi connectivity index (χ0v) is 16.1. The van der Waals surface area contributed by atoms with E-state index in [1.54, 1.807) is 0 Å². The summed E-state index contributed by atoms with van der Waals surface area (Å²) in [6.45, 7) is 4.28. The Balaban J connectivity index is 1.50. The lowest BCUT2D eigenvalue weighted by Gasteiger charge is -2.34. The predicted octanol–water partition coefficient (Wildman–Crippen LogP) is 3.77. The van der Waals surface area contributed by atoms with E-state index in [0.717, 1.165) is 48.3 Å². The molecule has 2 aromatic carbocycles. The van der Waals surface area contributed by atoms with Crippen molar-refractivity contribution in [3.8, 4) is 0 Å². The zero-order chi connectivity index (χ0) is 17.6.